The predicted molar refractivity (Wildman–Crippen MR) is 78.2 cm³/mol. The van der Waals surface area contributed by atoms with Crippen LogP contribution in [0.4, 0.5) is 5.69 Å². The Balaban J connectivity index is 1.84. The molecule has 0 aliphatic carbocycles. The molecule has 112 valence electrons. The van der Waals surface area contributed by atoms with E-state index in [4.69, 9.17) is 0 Å². The first kappa shape index (κ1) is 14.0. The summed E-state index contributed by atoms with van der Waals surface area (Å²) >= 11 is 0. The largest absolute Gasteiger partial charge is 0.338 e. The minimum Gasteiger partial charge on any atom is -0.338 e. The quantitative estimate of drug-likeness (QED) is 0.612. The van der Waals surface area contributed by atoms with Crippen LogP contribution in [0.3, 0.4) is 0 Å². The Morgan fingerprint density at radius 2 is 1.86 bits per heavy atom. The molecule has 2 unspecified atom stereocenters. The van der Waals surface area contributed by atoms with E-state index in [1.165, 1.54) is 6.07 Å². The second-order valence-electron chi connectivity index (χ2n) is 6.23. The summed E-state index contributed by atoms with van der Waals surface area (Å²) in [7, 11) is 2.09. The maximum Gasteiger partial charge on any atom is 0.282 e. The molecule has 0 bridgehead atoms. The number of amides is 1. The number of nitro groups is 1. The number of nitrogens with zero attached hydrogens (tertiary/aromatic N) is 3. The fourth-order valence-corrected chi connectivity index (χ4v) is 3.54. The summed E-state index contributed by atoms with van der Waals surface area (Å²) in [6.45, 7) is 5.26. The third-order valence-corrected chi connectivity index (χ3v) is 4.54. The number of carbonyl (C=O) groups excluding carboxylic acids is 1. The summed E-state index contributed by atoms with van der Waals surface area (Å²) in [5.41, 5.74) is 0.983. The molecule has 6 heteroatoms. The van der Waals surface area contributed by atoms with Crippen molar-refractivity contribution in [1.82, 2.24) is 9.80 Å². The van der Waals surface area contributed by atoms with Gasteiger partial charge in [-0.2, -0.15) is 0 Å². The van der Waals surface area contributed by atoms with Crippen LogP contribution in [-0.2, 0) is 0 Å². The Kier molecular flexibility index (Phi) is 3.41. The lowest BCUT2D eigenvalue weighted by Gasteiger charge is -2.19. The first-order valence-electron chi connectivity index (χ1n) is 7.18. The zero-order chi connectivity index (χ0) is 15.1. The number of fused-ring (bicyclic) bond motifs is 1. The van der Waals surface area contributed by atoms with Crippen molar-refractivity contribution in [2.45, 2.75) is 6.92 Å². The third kappa shape index (κ3) is 2.51. The van der Waals surface area contributed by atoms with Crippen molar-refractivity contribution in [3.8, 4) is 0 Å². The number of nitro benzene ring substituents is 1. The van der Waals surface area contributed by atoms with Gasteiger partial charge < -0.3 is 9.80 Å². The van der Waals surface area contributed by atoms with Gasteiger partial charge in [-0.15, -0.1) is 0 Å². The third-order valence-electron chi connectivity index (χ3n) is 4.54. The van der Waals surface area contributed by atoms with Gasteiger partial charge in [-0.05, 0) is 37.4 Å². The van der Waals surface area contributed by atoms with Crippen LogP contribution in [0.1, 0.15) is 15.9 Å². The molecule has 0 aromatic heterocycles. The number of benzene rings is 1. The van der Waals surface area contributed by atoms with Crippen LogP contribution in [0.25, 0.3) is 0 Å². The van der Waals surface area contributed by atoms with Crippen LogP contribution in [0.15, 0.2) is 18.2 Å². The molecular formula is C15H19N3O3. The van der Waals surface area contributed by atoms with Crippen LogP contribution in [0.2, 0.25) is 0 Å². The normalized spacial score (nSPS) is 25.1. The number of likely N-dealkylation sites (tertiary alicyclic amines) is 2. The number of aryl methyl sites for hydroxylation is 1. The van der Waals surface area contributed by atoms with Gasteiger partial charge in [0.15, 0.2) is 0 Å². The van der Waals surface area contributed by atoms with E-state index in [0.29, 0.717) is 24.9 Å². The molecule has 21 heavy (non-hydrogen) atoms. The van der Waals surface area contributed by atoms with E-state index in [1.54, 1.807) is 17.0 Å². The highest BCUT2D eigenvalue weighted by Gasteiger charge is 2.41. The van der Waals surface area contributed by atoms with E-state index in [2.05, 4.69) is 11.9 Å². The fraction of sp³-hybridized carbons (Fsp3) is 0.533. The Morgan fingerprint density at radius 1 is 1.24 bits per heavy atom. The first-order chi connectivity index (χ1) is 9.95. The van der Waals surface area contributed by atoms with Crippen LogP contribution in [0.5, 0.6) is 0 Å². The molecule has 0 N–H and O–H groups in total. The summed E-state index contributed by atoms with van der Waals surface area (Å²) in [5, 5.41) is 11.1. The molecule has 2 atom stereocenters. The molecule has 2 aliphatic heterocycles. The minimum absolute atomic E-state index is 0.0974. The van der Waals surface area contributed by atoms with Gasteiger partial charge >= 0.3 is 0 Å². The van der Waals surface area contributed by atoms with Gasteiger partial charge in [0.05, 0.1) is 4.92 Å². The summed E-state index contributed by atoms with van der Waals surface area (Å²) in [6.07, 6.45) is 0. The highest BCUT2D eigenvalue weighted by Crippen LogP contribution is 2.32. The molecule has 0 spiro atoms. The summed E-state index contributed by atoms with van der Waals surface area (Å²) < 4.78 is 0. The van der Waals surface area contributed by atoms with E-state index < -0.39 is 4.92 Å². The first-order valence-corrected chi connectivity index (χ1v) is 7.18. The lowest BCUT2D eigenvalue weighted by Crippen LogP contribution is -2.32. The number of hydrogen-bond donors (Lipinski definition) is 0. The van der Waals surface area contributed by atoms with Crippen LogP contribution >= 0.6 is 0 Å². The smallest absolute Gasteiger partial charge is 0.282 e. The molecule has 2 heterocycles. The van der Waals surface area contributed by atoms with E-state index in [-0.39, 0.29) is 17.2 Å². The SMILES string of the molecule is Cc1ccc([N+](=O)[O-])c(C(=O)N2CC3CN(C)CC3C2)c1. The molecule has 0 saturated carbocycles. The maximum atomic E-state index is 12.6. The number of carbonyl (C=O) groups is 1. The van der Waals surface area contributed by atoms with Gasteiger partial charge in [-0.1, -0.05) is 6.07 Å². The van der Waals surface area contributed by atoms with Crippen molar-refractivity contribution in [3.63, 3.8) is 0 Å². The minimum atomic E-state index is -0.475. The van der Waals surface area contributed by atoms with Gasteiger partial charge in [0.2, 0.25) is 0 Å². The summed E-state index contributed by atoms with van der Waals surface area (Å²) in [4.78, 5) is 27.4. The molecular weight excluding hydrogens is 270 g/mol. The van der Waals surface area contributed by atoms with Crippen LogP contribution in [0, 0.1) is 28.9 Å². The number of hydrogen-bond acceptors (Lipinski definition) is 4. The molecule has 2 saturated heterocycles. The lowest BCUT2D eigenvalue weighted by atomic mass is 10.0. The van der Waals surface area contributed by atoms with E-state index >= 15 is 0 Å². The lowest BCUT2D eigenvalue weighted by molar-refractivity contribution is -0.385. The highest BCUT2D eigenvalue weighted by molar-refractivity contribution is 5.98. The molecule has 0 radical (unpaired) electrons. The topological polar surface area (TPSA) is 66.7 Å². The van der Waals surface area contributed by atoms with Crippen molar-refractivity contribution in [3.05, 3.63) is 39.4 Å². The zero-order valence-electron chi connectivity index (χ0n) is 12.3. The van der Waals surface area contributed by atoms with Crippen molar-refractivity contribution >= 4 is 11.6 Å². The average molecular weight is 289 g/mol. The summed E-state index contributed by atoms with van der Waals surface area (Å²) in [5.74, 6) is 0.799. The van der Waals surface area contributed by atoms with Crippen LogP contribution < -0.4 is 0 Å². The molecule has 2 aliphatic rings. The van der Waals surface area contributed by atoms with Crippen molar-refractivity contribution in [2.75, 3.05) is 33.2 Å². The second-order valence-corrected chi connectivity index (χ2v) is 6.23. The van der Waals surface area contributed by atoms with Crippen molar-refractivity contribution in [2.24, 2.45) is 11.8 Å². The molecule has 3 rings (SSSR count). The van der Waals surface area contributed by atoms with Crippen LogP contribution in [-0.4, -0.2) is 53.9 Å². The Bertz CT molecular complexity index is 588. The average Bonchev–Trinajstić information content (AvgIpc) is 2.94. The van der Waals surface area contributed by atoms with Gasteiger partial charge in [-0.3, -0.25) is 14.9 Å². The van der Waals surface area contributed by atoms with Gasteiger partial charge in [-0.25, -0.2) is 0 Å². The Hall–Kier alpha value is -1.95. The van der Waals surface area contributed by atoms with E-state index in [1.807, 2.05) is 6.92 Å². The van der Waals surface area contributed by atoms with Crippen molar-refractivity contribution in [1.29, 1.82) is 0 Å². The molecule has 2 fully saturated rings. The van der Waals surface area contributed by atoms with Gasteiger partial charge in [0, 0.05) is 32.2 Å². The van der Waals surface area contributed by atoms with Gasteiger partial charge in [0.1, 0.15) is 5.56 Å². The number of rotatable bonds is 2. The zero-order valence-corrected chi connectivity index (χ0v) is 12.3. The highest BCUT2D eigenvalue weighted by atomic mass is 16.6. The predicted octanol–water partition coefficient (Wildman–Crippen LogP) is 1.54. The van der Waals surface area contributed by atoms with E-state index in [0.717, 1.165) is 18.7 Å². The molecule has 1 aromatic carbocycles. The van der Waals surface area contributed by atoms with E-state index in [9.17, 15) is 14.9 Å². The second kappa shape index (κ2) is 5.11. The molecule has 1 aromatic rings. The summed E-state index contributed by atoms with van der Waals surface area (Å²) in [6, 6.07) is 4.72. The monoisotopic (exact) mass is 289 g/mol. The van der Waals surface area contributed by atoms with Crippen molar-refractivity contribution < 1.29 is 9.72 Å². The fourth-order valence-electron chi connectivity index (χ4n) is 3.54. The Labute approximate surface area is 123 Å². The standard InChI is InChI=1S/C15H19N3O3/c1-10-3-4-14(18(20)21)13(5-10)15(19)17-8-11-6-16(2)7-12(11)9-17/h3-5,11-12H,6-9H2,1-2H3. The van der Waals surface area contributed by atoms with Gasteiger partial charge in [0.25, 0.3) is 11.6 Å². The Morgan fingerprint density at radius 3 is 2.43 bits per heavy atom. The maximum absolute atomic E-state index is 12.6. The molecule has 6 nitrogen and oxygen atoms in total. The molecule has 1 amide bonds.